The summed E-state index contributed by atoms with van der Waals surface area (Å²) < 4.78 is 80.7. The number of alkyl halides is 6. The maximum Gasteiger partial charge on any atom is 0.416 e. The minimum absolute atomic E-state index is 0.0141. The smallest absolute Gasteiger partial charge is 0.325 e. The Morgan fingerprint density at radius 3 is 2.03 bits per heavy atom. The van der Waals surface area contributed by atoms with Crippen molar-refractivity contribution >= 4 is 23.2 Å². The minimum Gasteiger partial charge on any atom is -0.325 e. The number of anilines is 2. The van der Waals surface area contributed by atoms with E-state index < -0.39 is 46.4 Å². The molecular formula is C28H31F6N3O2. The van der Waals surface area contributed by atoms with Crippen LogP contribution in [0.3, 0.4) is 0 Å². The fraction of sp³-hybridized carbons (Fsp3) is 0.500. The maximum absolute atomic E-state index is 13.9. The SMILES string of the molecule is Cc1cccc(C)c1N1C[C@@](CN(C)C2CCC2)(C(=O)Nc2cc(C(F)(F)F)cc(C(F)(F)F)c2)[C@H](C)C1=O. The summed E-state index contributed by atoms with van der Waals surface area (Å²) in [5, 5.41) is 2.34. The van der Waals surface area contributed by atoms with Gasteiger partial charge in [0.25, 0.3) is 0 Å². The zero-order valence-electron chi connectivity index (χ0n) is 22.1. The van der Waals surface area contributed by atoms with E-state index >= 15 is 0 Å². The van der Waals surface area contributed by atoms with Gasteiger partial charge < -0.3 is 15.1 Å². The van der Waals surface area contributed by atoms with Crippen LogP contribution in [0.25, 0.3) is 0 Å². The van der Waals surface area contributed by atoms with Gasteiger partial charge in [-0.25, -0.2) is 0 Å². The second-order valence-corrected chi connectivity index (χ2v) is 10.8. The van der Waals surface area contributed by atoms with Crippen LogP contribution >= 0.6 is 0 Å². The van der Waals surface area contributed by atoms with E-state index in [-0.39, 0.29) is 31.1 Å². The lowest BCUT2D eigenvalue weighted by Gasteiger charge is -2.41. The molecule has 11 heteroatoms. The highest BCUT2D eigenvalue weighted by Crippen LogP contribution is 2.44. The van der Waals surface area contributed by atoms with Crippen LogP contribution < -0.4 is 10.2 Å². The molecule has 2 atom stereocenters. The average Bonchev–Trinajstić information content (AvgIpc) is 3.02. The molecule has 0 aromatic heterocycles. The van der Waals surface area contributed by atoms with Crippen LogP contribution in [-0.2, 0) is 21.9 Å². The lowest BCUT2D eigenvalue weighted by molar-refractivity contribution is -0.143. The number of hydrogen-bond acceptors (Lipinski definition) is 3. The Labute approximate surface area is 223 Å². The lowest BCUT2D eigenvalue weighted by Crippen LogP contribution is -2.53. The molecule has 212 valence electrons. The first kappa shape index (κ1) is 28.9. The zero-order chi connectivity index (χ0) is 28.9. The van der Waals surface area contributed by atoms with Crippen molar-refractivity contribution < 1.29 is 35.9 Å². The first-order chi connectivity index (χ1) is 18.0. The number of nitrogens with one attached hydrogen (secondary N) is 1. The first-order valence-electron chi connectivity index (χ1n) is 12.7. The summed E-state index contributed by atoms with van der Waals surface area (Å²) in [6.07, 6.45) is -7.29. The van der Waals surface area contributed by atoms with E-state index in [1.54, 1.807) is 6.92 Å². The third-order valence-electron chi connectivity index (χ3n) is 8.14. The number of rotatable bonds is 6. The normalized spacial score (nSPS) is 22.4. The number of para-hydroxylation sites is 1. The van der Waals surface area contributed by atoms with E-state index in [9.17, 15) is 35.9 Å². The van der Waals surface area contributed by atoms with E-state index in [4.69, 9.17) is 0 Å². The molecule has 0 spiro atoms. The number of halogens is 6. The predicted octanol–water partition coefficient (Wildman–Crippen LogP) is 6.43. The molecule has 2 aromatic rings. The number of aryl methyl sites for hydroxylation is 2. The molecule has 1 aliphatic heterocycles. The van der Waals surface area contributed by atoms with E-state index in [2.05, 4.69) is 5.32 Å². The molecule has 39 heavy (non-hydrogen) atoms. The average molecular weight is 556 g/mol. The molecule has 1 saturated carbocycles. The summed E-state index contributed by atoms with van der Waals surface area (Å²) in [6.45, 7) is 5.32. The van der Waals surface area contributed by atoms with E-state index in [0.717, 1.165) is 30.4 Å². The predicted molar refractivity (Wildman–Crippen MR) is 135 cm³/mol. The molecule has 5 nitrogen and oxygen atoms in total. The van der Waals surface area contributed by atoms with Crippen molar-refractivity contribution in [1.29, 1.82) is 0 Å². The van der Waals surface area contributed by atoms with Gasteiger partial charge in [-0.15, -0.1) is 0 Å². The van der Waals surface area contributed by atoms with Crippen LogP contribution in [0.5, 0.6) is 0 Å². The van der Waals surface area contributed by atoms with Crippen molar-refractivity contribution in [2.75, 3.05) is 30.4 Å². The van der Waals surface area contributed by atoms with Crippen LogP contribution in [0.2, 0.25) is 0 Å². The molecule has 2 aliphatic rings. The quantitative estimate of drug-likeness (QED) is 0.418. The lowest BCUT2D eigenvalue weighted by atomic mass is 9.76. The van der Waals surface area contributed by atoms with E-state index in [0.29, 0.717) is 17.8 Å². The number of carbonyl (C=O) groups is 2. The maximum atomic E-state index is 13.9. The summed E-state index contributed by atoms with van der Waals surface area (Å²) in [5.74, 6) is -2.01. The van der Waals surface area contributed by atoms with E-state index in [1.807, 2.05) is 44.0 Å². The highest BCUT2D eigenvalue weighted by Gasteiger charge is 2.56. The van der Waals surface area contributed by atoms with Crippen molar-refractivity contribution in [2.24, 2.45) is 11.3 Å². The van der Waals surface area contributed by atoms with Gasteiger partial charge in [-0.2, -0.15) is 26.3 Å². The van der Waals surface area contributed by atoms with Crippen molar-refractivity contribution in [2.45, 2.75) is 58.4 Å². The minimum atomic E-state index is -5.06. The summed E-state index contributed by atoms with van der Waals surface area (Å²) >= 11 is 0. The summed E-state index contributed by atoms with van der Waals surface area (Å²) in [4.78, 5) is 31.1. The Morgan fingerprint density at radius 2 is 1.56 bits per heavy atom. The molecule has 2 aromatic carbocycles. The Bertz CT molecular complexity index is 1220. The summed E-state index contributed by atoms with van der Waals surface area (Å²) in [5.41, 5.74) is -2.84. The summed E-state index contributed by atoms with van der Waals surface area (Å²) in [6, 6.07) is 6.68. The van der Waals surface area contributed by atoms with Crippen LogP contribution in [-0.4, -0.2) is 42.9 Å². The van der Waals surface area contributed by atoms with Gasteiger partial charge in [0.2, 0.25) is 11.8 Å². The largest absolute Gasteiger partial charge is 0.416 e. The van der Waals surface area contributed by atoms with Crippen molar-refractivity contribution in [3.05, 3.63) is 58.7 Å². The van der Waals surface area contributed by atoms with Crippen molar-refractivity contribution in [1.82, 2.24) is 4.90 Å². The highest BCUT2D eigenvalue weighted by atomic mass is 19.4. The van der Waals surface area contributed by atoms with Gasteiger partial charge in [-0.3, -0.25) is 9.59 Å². The van der Waals surface area contributed by atoms with Crippen LogP contribution in [0.1, 0.15) is 48.4 Å². The van der Waals surface area contributed by atoms with Gasteiger partial charge in [0.1, 0.15) is 0 Å². The highest BCUT2D eigenvalue weighted by molar-refractivity contribution is 6.08. The van der Waals surface area contributed by atoms with Gasteiger partial charge in [0.15, 0.2) is 0 Å². The molecular weight excluding hydrogens is 524 g/mol. The van der Waals surface area contributed by atoms with Gasteiger partial charge in [0.05, 0.1) is 22.5 Å². The molecule has 1 N–H and O–H groups in total. The van der Waals surface area contributed by atoms with Crippen molar-refractivity contribution in [3.8, 4) is 0 Å². The number of amides is 2. The zero-order valence-corrected chi connectivity index (χ0v) is 22.1. The monoisotopic (exact) mass is 555 g/mol. The fourth-order valence-corrected chi connectivity index (χ4v) is 5.60. The van der Waals surface area contributed by atoms with Crippen molar-refractivity contribution in [3.63, 3.8) is 0 Å². The van der Waals surface area contributed by atoms with E-state index in [1.165, 1.54) is 4.90 Å². The Balaban J connectivity index is 1.76. The molecule has 2 fully saturated rings. The van der Waals surface area contributed by atoms with Gasteiger partial charge in [-0.05, 0) is 63.1 Å². The van der Waals surface area contributed by atoms with Crippen LogP contribution in [0.4, 0.5) is 37.7 Å². The molecule has 0 radical (unpaired) electrons. The molecule has 4 rings (SSSR count). The molecule has 1 aliphatic carbocycles. The second-order valence-electron chi connectivity index (χ2n) is 10.8. The Kier molecular flexibility index (Phi) is 7.52. The van der Waals surface area contributed by atoms with Gasteiger partial charge in [-0.1, -0.05) is 31.5 Å². The molecule has 2 amide bonds. The fourth-order valence-electron chi connectivity index (χ4n) is 5.60. The second kappa shape index (κ2) is 10.1. The number of hydrogen-bond donors (Lipinski definition) is 1. The summed E-state index contributed by atoms with van der Waals surface area (Å²) in [7, 11) is 1.82. The number of benzene rings is 2. The molecule has 0 unspecified atom stereocenters. The topological polar surface area (TPSA) is 52.6 Å². The van der Waals surface area contributed by atoms with Gasteiger partial charge >= 0.3 is 12.4 Å². The first-order valence-corrected chi connectivity index (χ1v) is 12.7. The third kappa shape index (κ3) is 5.50. The molecule has 0 bridgehead atoms. The standard InChI is InChI=1S/C28H31F6N3O2/c1-16-7-5-8-17(2)23(16)37-15-26(18(3)24(37)38,14-36(4)22-9-6-10-22)25(39)35-21-12-19(27(29,30)31)11-20(13-21)28(32,33)34/h5,7-8,11-13,18,22H,6,9-10,14-15H2,1-4H3,(H,35,39)/t18-,26-/m1/s1. The Morgan fingerprint density at radius 1 is 1.03 bits per heavy atom. The Hall–Kier alpha value is -3.08. The van der Waals surface area contributed by atoms with Crippen LogP contribution in [0.15, 0.2) is 36.4 Å². The molecule has 1 heterocycles. The van der Waals surface area contributed by atoms with Gasteiger partial charge in [0, 0.05) is 30.5 Å². The number of nitrogens with zero attached hydrogens (tertiary/aromatic N) is 2. The van der Waals surface area contributed by atoms with Crippen LogP contribution in [0, 0.1) is 25.2 Å². The third-order valence-corrected chi connectivity index (χ3v) is 8.14. The number of carbonyl (C=O) groups excluding carboxylic acids is 2. The molecule has 1 saturated heterocycles.